The number of anilines is 1. The summed E-state index contributed by atoms with van der Waals surface area (Å²) < 4.78 is 11.4. The fourth-order valence-electron chi connectivity index (χ4n) is 4.05. The van der Waals surface area contributed by atoms with Gasteiger partial charge in [0.1, 0.15) is 15.5 Å². The van der Waals surface area contributed by atoms with Gasteiger partial charge in [-0.2, -0.15) is 0 Å². The topological polar surface area (TPSA) is 87.1 Å². The van der Waals surface area contributed by atoms with Crippen molar-refractivity contribution in [3.8, 4) is 50.4 Å². The van der Waals surface area contributed by atoms with Crippen LogP contribution in [0.4, 0.5) is 5.69 Å². The Bertz CT molecular complexity index is 1630. The van der Waals surface area contributed by atoms with Gasteiger partial charge in [0.2, 0.25) is 5.89 Å². The molecule has 35 heavy (non-hydrogen) atoms. The summed E-state index contributed by atoms with van der Waals surface area (Å²) in [5.74, 6) is 1.62. The number of methoxy groups -OCH3 is 1. The number of nitrogen functional groups attached to an aromatic ring is 1. The summed E-state index contributed by atoms with van der Waals surface area (Å²) in [6.07, 6.45) is 0. The van der Waals surface area contributed by atoms with Crippen LogP contribution < -0.4 is 10.5 Å². The van der Waals surface area contributed by atoms with Crippen molar-refractivity contribution in [3.05, 3.63) is 91.0 Å². The number of hydrogen-bond donors (Lipinski definition) is 1. The Kier molecular flexibility index (Phi) is 5.24. The van der Waals surface area contributed by atoms with Gasteiger partial charge in [-0.3, -0.25) is 0 Å². The molecule has 0 spiro atoms. The van der Waals surface area contributed by atoms with E-state index >= 15 is 0 Å². The van der Waals surface area contributed by atoms with E-state index < -0.39 is 0 Å². The summed E-state index contributed by atoms with van der Waals surface area (Å²) >= 11 is 1.45. The van der Waals surface area contributed by atoms with Gasteiger partial charge >= 0.3 is 0 Å². The predicted molar refractivity (Wildman–Crippen MR) is 140 cm³/mol. The van der Waals surface area contributed by atoms with E-state index in [2.05, 4.69) is 16.3 Å². The highest BCUT2D eigenvalue weighted by atomic mass is 32.1. The number of thiophene rings is 1. The first-order valence-electron chi connectivity index (χ1n) is 11.0. The fraction of sp³-hybridized carbons (Fsp3) is 0.0357. The van der Waals surface area contributed by atoms with Gasteiger partial charge in [-0.05, 0) is 41.5 Å². The molecule has 7 heteroatoms. The van der Waals surface area contributed by atoms with Crippen LogP contribution in [0.2, 0.25) is 0 Å². The predicted octanol–water partition coefficient (Wildman–Crippen LogP) is 6.94. The highest BCUT2D eigenvalue weighted by Crippen LogP contribution is 2.45. The van der Waals surface area contributed by atoms with Gasteiger partial charge in [-0.15, -0.1) is 21.5 Å². The van der Waals surface area contributed by atoms with Crippen molar-refractivity contribution < 1.29 is 9.15 Å². The highest BCUT2D eigenvalue weighted by Gasteiger charge is 2.22. The minimum Gasteiger partial charge on any atom is -0.497 e. The van der Waals surface area contributed by atoms with Gasteiger partial charge in [0.25, 0.3) is 5.89 Å². The van der Waals surface area contributed by atoms with Crippen molar-refractivity contribution in [2.75, 3.05) is 12.8 Å². The van der Waals surface area contributed by atoms with E-state index in [0.29, 0.717) is 22.3 Å². The summed E-state index contributed by atoms with van der Waals surface area (Å²) in [7, 11) is 1.66. The van der Waals surface area contributed by atoms with Crippen molar-refractivity contribution in [3.63, 3.8) is 0 Å². The average molecular weight is 477 g/mol. The second kappa shape index (κ2) is 8.70. The van der Waals surface area contributed by atoms with Crippen LogP contribution in [-0.4, -0.2) is 22.3 Å². The molecule has 0 unspecified atom stereocenters. The summed E-state index contributed by atoms with van der Waals surface area (Å²) in [6.45, 7) is 0. The number of nitrogens with two attached hydrogens (primary N) is 1. The summed E-state index contributed by atoms with van der Waals surface area (Å²) in [6, 6.07) is 29.8. The molecule has 2 N–H and O–H groups in total. The molecular formula is C28H20N4O2S. The van der Waals surface area contributed by atoms with Crippen LogP contribution in [-0.2, 0) is 0 Å². The number of fused-ring (bicyclic) bond motifs is 1. The molecule has 3 aromatic carbocycles. The van der Waals surface area contributed by atoms with E-state index in [9.17, 15) is 0 Å². The van der Waals surface area contributed by atoms with Gasteiger partial charge in [0.15, 0.2) is 0 Å². The lowest BCUT2D eigenvalue weighted by atomic mass is 9.99. The summed E-state index contributed by atoms with van der Waals surface area (Å²) in [5, 5.41) is 9.40. The molecule has 3 aromatic heterocycles. The summed E-state index contributed by atoms with van der Waals surface area (Å²) in [4.78, 5) is 6.48. The lowest BCUT2D eigenvalue weighted by Gasteiger charge is -2.09. The average Bonchev–Trinajstić information content (AvgIpc) is 3.54. The first-order chi connectivity index (χ1) is 17.2. The second-order valence-electron chi connectivity index (χ2n) is 7.95. The lowest BCUT2D eigenvalue weighted by molar-refractivity contribution is 0.415. The zero-order chi connectivity index (χ0) is 23.8. The molecule has 0 fully saturated rings. The maximum absolute atomic E-state index is 6.72. The van der Waals surface area contributed by atoms with Crippen molar-refractivity contribution in [1.29, 1.82) is 0 Å². The fourth-order valence-corrected chi connectivity index (χ4v) is 5.09. The Labute approximate surface area is 205 Å². The Hall–Kier alpha value is -4.49. The third-order valence-electron chi connectivity index (χ3n) is 5.81. The number of nitrogens with zero attached hydrogens (tertiary/aromatic N) is 3. The molecule has 6 aromatic rings. The lowest BCUT2D eigenvalue weighted by Crippen LogP contribution is -1.91. The Balaban J connectivity index is 1.55. The van der Waals surface area contributed by atoms with Gasteiger partial charge in [-0.25, -0.2) is 4.98 Å². The molecule has 3 heterocycles. The van der Waals surface area contributed by atoms with E-state index in [-0.39, 0.29) is 0 Å². The maximum atomic E-state index is 6.72. The van der Waals surface area contributed by atoms with E-state index in [1.165, 1.54) is 11.3 Å². The second-order valence-corrected chi connectivity index (χ2v) is 8.95. The van der Waals surface area contributed by atoms with Crippen LogP contribution >= 0.6 is 11.3 Å². The molecular weight excluding hydrogens is 456 g/mol. The van der Waals surface area contributed by atoms with Crippen LogP contribution in [0.25, 0.3) is 54.8 Å². The standard InChI is InChI=1S/C28H20N4O2S/c1-33-20-14-12-17(13-15-20)21-16-22(18-8-4-2-5-9-18)30-28-23(21)24(29)25(35-28)27-32-31-26(34-27)19-10-6-3-7-11-19/h2-16H,29H2,1H3. The van der Waals surface area contributed by atoms with Crippen LogP contribution in [0.3, 0.4) is 0 Å². The third-order valence-corrected chi connectivity index (χ3v) is 6.90. The molecule has 0 aliphatic carbocycles. The first-order valence-corrected chi connectivity index (χ1v) is 11.8. The third kappa shape index (κ3) is 3.82. The zero-order valence-corrected chi connectivity index (χ0v) is 19.6. The van der Waals surface area contributed by atoms with Gasteiger partial charge in [0.05, 0.1) is 18.5 Å². The number of hydrogen-bond acceptors (Lipinski definition) is 7. The van der Waals surface area contributed by atoms with Crippen molar-refractivity contribution >= 4 is 27.2 Å². The maximum Gasteiger partial charge on any atom is 0.260 e. The molecule has 6 nitrogen and oxygen atoms in total. The molecule has 0 saturated heterocycles. The molecule has 0 bridgehead atoms. The number of pyridine rings is 1. The number of ether oxygens (including phenoxy) is 1. The largest absolute Gasteiger partial charge is 0.497 e. The van der Waals surface area contributed by atoms with Crippen molar-refractivity contribution in [2.24, 2.45) is 0 Å². The first kappa shape index (κ1) is 21.1. The minimum atomic E-state index is 0.381. The molecule has 0 aliphatic heterocycles. The van der Waals surface area contributed by atoms with Crippen molar-refractivity contribution in [1.82, 2.24) is 15.2 Å². The van der Waals surface area contributed by atoms with Gasteiger partial charge < -0.3 is 14.9 Å². The van der Waals surface area contributed by atoms with Crippen molar-refractivity contribution in [2.45, 2.75) is 0 Å². The van der Waals surface area contributed by atoms with Crippen LogP contribution in [0, 0.1) is 0 Å². The van der Waals surface area contributed by atoms with E-state index in [4.69, 9.17) is 19.9 Å². The molecule has 0 atom stereocenters. The monoisotopic (exact) mass is 476 g/mol. The van der Waals surface area contributed by atoms with E-state index in [1.54, 1.807) is 7.11 Å². The smallest absolute Gasteiger partial charge is 0.260 e. The van der Waals surface area contributed by atoms with Gasteiger partial charge in [0, 0.05) is 16.5 Å². The quantitative estimate of drug-likeness (QED) is 0.290. The molecule has 0 amide bonds. The number of aromatic nitrogens is 3. The van der Waals surface area contributed by atoms with E-state index in [0.717, 1.165) is 43.9 Å². The van der Waals surface area contributed by atoms with Crippen LogP contribution in [0.1, 0.15) is 0 Å². The van der Waals surface area contributed by atoms with Gasteiger partial charge in [-0.1, -0.05) is 60.7 Å². The Morgan fingerprint density at radius 1 is 0.771 bits per heavy atom. The normalized spacial score (nSPS) is 11.1. The minimum absolute atomic E-state index is 0.381. The van der Waals surface area contributed by atoms with E-state index in [1.807, 2.05) is 84.9 Å². The SMILES string of the molecule is COc1ccc(-c2cc(-c3ccccc3)nc3sc(-c4nnc(-c5ccccc5)o4)c(N)c23)cc1. The number of rotatable bonds is 5. The Morgan fingerprint density at radius 2 is 1.43 bits per heavy atom. The van der Waals surface area contributed by atoms with Crippen LogP contribution in [0.5, 0.6) is 5.75 Å². The molecule has 0 aliphatic rings. The molecule has 6 rings (SSSR count). The molecule has 0 radical (unpaired) electrons. The summed E-state index contributed by atoms with van der Waals surface area (Å²) in [5.41, 5.74) is 12.0. The Morgan fingerprint density at radius 3 is 2.11 bits per heavy atom. The van der Waals surface area contributed by atoms with Crippen LogP contribution in [0.15, 0.2) is 95.4 Å². The highest BCUT2D eigenvalue weighted by molar-refractivity contribution is 7.22. The molecule has 170 valence electrons. The zero-order valence-electron chi connectivity index (χ0n) is 18.8. The number of benzene rings is 3. The molecule has 0 saturated carbocycles.